The third kappa shape index (κ3) is 6.19. The van der Waals surface area contributed by atoms with Crippen molar-refractivity contribution in [3.63, 3.8) is 0 Å². The van der Waals surface area contributed by atoms with E-state index in [4.69, 9.17) is 5.11 Å². The van der Waals surface area contributed by atoms with Gasteiger partial charge in [-0.1, -0.05) is 35.8 Å². The van der Waals surface area contributed by atoms with Crippen LogP contribution < -0.4 is 5.32 Å². The van der Waals surface area contributed by atoms with Gasteiger partial charge < -0.3 is 10.4 Å². The molecule has 0 spiro atoms. The molecule has 5 heteroatoms. The smallest absolute Gasteiger partial charge is 0.303 e. The second kappa shape index (κ2) is 7.43. The van der Waals surface area contributed by atoms with Crippen LogP contribution in [0.5, 0.6) is 0 Å². The van der Waals surface area contributed by atoms with Gasteiger partial charge in [0.2, 0.25) is 0 Å². The molecule has 0 aliphatic heterocycles. The summed E-state index contributed by atoms with van der Waals surface area (Å²) in [7, 11) is 0. The molecule has 0 aromatic heterocycles. The van der Waals surface area contributed by atoms with Gasteiger partial charge in [-0.05, 0) is 36.5 Å². The number of hydrogen-bond acceptors (Lipinski definition) is 2. The highest BCUT2D eigenvalue weighted by Crippen LogP contribution is 2.26. The van der Waals surface area contributed by atoms with Crippen LogP contribution in [0.15, 0.2) is 28.7 Å². The van der Waals surface area contributed by atoms with Crippen LogP contribution in [0.2, 0.25) is 0 Å². The number of halogens is 1. The summed E-state index contributed by atoms with van der Waals surface area (Å²) in [5.41, 5.74) is 0.519. The van der Waals surface area contributed by atoms with Crippen LogP contribution >= 0.6 is 15.9 Å². The Balaban J connectivity index is 2.40. The van der Waals surface area contributed by atoms with Crippen molar-refractivity contribution in [2.24, 2.45) is 5.41 Å². The molecular formula is C15H20BrNO3. The van der Waals surface area contributed by atoms with Crippen molar-refractivity contribution in [3.8, 4) is 0 Å². The van der Waals surface area contributed by atoms with Crippen molar-refractivity contribution in [2.75, 3.05) is 6.54 Å². The van der Waals surface area contributed by atoms with E-state index in [0.717, 1.165) is 10.9 Å². The minimum absolute atomic E-state index is 0.0943. The highest BCUT2D eigenvalue weighted by molar-refractivity contribution is 9.10. The zero-order chi connectivity index (χ0) is 15.2. The van der Waals surface area contributed by atoms with Crippen LogP contribution in [0.1, 0.15) is 43.5 Å². The number of nitrogens with one attached hydrogen (secondary N) is 1. The zero-order valence-electron chi connectivity index (χ0n) is 11.8. The summed E-state index contributed by atoms with van der Waals surface area (Å²) < 4.78 is 0.868. The van der Waals surface area contributed by atoms with E-state index in [-0.39, 0.29) is 17.7 Å². The molecule has 4 nitrogen and oxygen atoms in total. The number of hydrogen-bond donors (Lipinski definition) is 2. The summed E-state index contributed by atoms with van der Waals surface area (Å²) in [5.74, 6) is -0.892. The van der Waals surface area contributed by atoms with Crippen molar-refractivity contribution in [3.05, 3.63) is 34.3 Å². The van der Waals surface area contributed by atoms with Crippen LogP contribution in [0.3, 0.4) is 0 Å². The SMILES string of the molecule is CC(C)(CCNC(=O)c1cccc(Br)c1)CCC(=O)O. The third-order valence-electron chi connectivity index (χ3n) is 3.19. The highest BCUT2D eigenvalue weighted by Gasteiger charge is 2.19. The van der Waals surface area contributed by atoms with E-state index in [2.05, 4.69) is 21.2 Å². The number of benzene rings is 1. The van der Waals surface area contributed by atoms with Gasteiger partial charge in [0, 0.05) is 23.0 Å². The molecule has 0 unspecified atom stereocenters. The van der Waals surface area contributed by atoms with Crippen LogP contribution in [-0.2, 0) is 4.79 Å². The Labute approximate surface area is 127 Å². The molecule has 1 rings (SSSR count). The Hall–Kier alpha value is -1.36. The Morgan fingerprint density at radius 3 is 2.60 bits per heavy atom. The average Bonchev–Trinajstić information content (AvgIpc) is 2.36. The normalized spacial score (nSPS) is 11.2. The van der Waals surface area contributed by atoms with E-state index in [0.29, 0.717) is 18.5 Å². The minimum atomic E-state index is -0.781. The first-order valence-electron chi connectivity index (χ1n) is 6.56. The maximum atomic E-state index is 11.9. The van der Waals surface area contributed by atoms with Gasteiger partial charge in [-0.3, -0.25) is 9.59 Å². The van der Waals surface area contributed by atoms with E-state index in [1.54, 1.807) is 12.1 Å². The van der Waals surface area contributed by atoms with E-state index >= 15 is 0 Å². The van der Waals surface area contributed by atoms with Crippen molar-refractivity contribution in [1.29, 1.82) is 0 Å². The molecule has 0 aliphatic carbocycles. The topological polar surface area (TPSA) is 66.4 Å². The number of rotatable bonds is 7. The first-order valence-corrected chi connectivity index (χ1v) is 7.35. The Morgan fingerprint density at radius 2 is 2.00 bits per heavy atom. The summed E-state index contributed by atoms with van der Waals surface area (Å²) in [5, 5.41) is 11.6. The van der Waals surface area contributed by atoms with Gasteiger partial charge in [0.25, 0.3) is 5.91 Å². The van der Waals surface area contributed by atoms with Crippen LogP contribution in [0.4, 0.5) is 0 Å². The van der Waals surface area contributed by atoms with Crippen LogP contribution in [-0.4, -0.2) is 23.5 Å². The number of amides is 1. The molecule has 1 aromatic carbocycles. The van der Waals surface area contributed by atoms with Crippen molar-refractivity contribution >= 4 is 27.8 Å². The molecule has 1 aromatic rings. The summed E-state index contributed by atoms with van der Waals surface area (Å²) in [4.78, 5) is 22.5. The Bertz CT molecular complexity index is 486. The molecule has 110 valence electrons. The largest absolute Gasteiger partial charge is 0.481 e. The van der Waals surface area contributed by atoms with Gasteiger partial charge in [-0.25, -0.2) is 0 Å². The monoisotopic (exact) mass is 341 g/mol. The molecule has 0 aliphatic rings. The average molecular weight is 342 g/mol. The van der Waals surface area contributed by atoms with Crippen LogP contribution in [0.25, 0.3) is 0 Å². The minimum Gasteiger partial charge on any atom is -0.481 e. The van der Waals surface area contributed by atoms with E-state index < -0.39 is 5.97 Å². The van der Waals surface area contributed by atoms with Gasteiger partial charge in [0.15, 0.2) is 0 Å². The first kappa shape index (κ1) is 16.7. The second-order valence-corrected chi connectivity index (χ2v) is 6.49. The fourth-order valence-corrected chi connectivity index (χ4v) is 2.22. The highest BCUT2D eigenvalue weighted by atomic mass is 79.9. The summed E-state index contributed by atoms with van der Waals surface area (Å²) in [6.45, 7) is 4.57. The molecular weight excluding hydrogens is 322 g/mol. The number of aliphatic carboxylic acids is 1. The number of carbonyl (C=O) groups excluding carboxylic acids is 1. The van der Waals surface area contributed by atoms with E-state index in [9.17, 15) is 9.59 Å². The maximum Gasteiger partial charge on any atom is 0.303 e. The third-order valence-corrected chi connectivity index (χ3v) is 3.68. The van der Waals surface area contributed by atoms with Crippen molar-refractivity contribution in [2.45, 2.75) is 33.1 Å². The fourth-order valence-electron chi connectivity index (χ4n) is 1.82. The molecule has 0 atom stereocenters. The predicted octanol–water partition coefficient (Wildman–Crippen LogP) is 3.46. The lowest BCUT2D eigenvalue weighted by Gasteiger charge is -2.23. The number of carboxylic acids is 1. The zero-order valence-corrected chi connectivity index (χ0v) is 13.4. The van der Waals surface area contributed by atoms with Gasteiger partial charge >= 0.3 is 5.97 Å². The molecule has 1 amide bonds. The summed E-state index contributed by atoms with van der Waals surface area (Å²) in [6, 6.07) is 7.21. The summed E-state index contributed by atoms with van der Waals surface area (Å²) in [6.07, 6.45) is 1.52. The molecule has 0 radical (unpaired) electrons. The van der Waals surface area contributed by atoms with Gasteiger partial charge in [0.05, 0.1) is 0 Å². The van der Waals surface area contributed by atoms with Gasteiger partial charge in [-0.2, -0.15) is 0 Å². The molecule has 0 heterocycles. The van der Waals surface area contributed by atoms with E-state index in [1.807, 2.05) is 26.0 Å². The Kier molecular flexibility index (Phi) is 6.20. The summed E-state index contributed by atoms with van der Waals surface area (Å²) >= 11 is 3.33. The number of carboxylic acid groups (broad SMARTS) is 1. The lowest BCUT2D eigenvalue weighted by Crippen LogP contribution is -2.28. The van der Waals surface area contributed by atoms with Crippen molar-refractivity contribution in [1.82, 2.24) is 5.32 Å². The quantitative estimate of drug-likeness (QED) is 0.797. The fraction of sp³-hybridized carbons (Fsp3) is 0.467. The lowest BCUT2D eigenvalue weighted by molar-refractivity contribution is -0.137. The first-order chi connectivity index (χ1) is 9.30. The maximum absolute atomic E-state index is 11.9. The second-order valence-electron chi connectivity index (χ2n) is 5.57. The standard InChI is InChI=1S/C15H20BrNO3/c1-15(2,7-6-13(18)19)8-9-17-14(20)11-4-3-5-12(16)10-11/h3-5,10H,6-9H2,1-2H3,(H,17,20)(H,18,19). The molecule has 2 N–H and O–H groups in total. The van der Waals surface area contributed by atoms with Crippen LogP contribution in [0, 0.1) is 5.41 Å². The molecule has 0 fully saturated rings. The lowest BCUT2D eigenvalue weighted by atomic mass is 9.84. The molecule has 20 heavy (non-hydrogen) atoms. The molecule has 0 bridgehead atoms. The Morgan fingerprint density at radius 1 is 1.30 bits per heavy atom. The van der Waals surface area contributed by atoms with Gasteiger partial charge in [0.1, 0.15) is 0 Å². The predicted molar refractivity (Wildman–Crippen MR) is 81.7 cm³/mol. The van der Waals surface area contributed by atoms with Gasteiger partial charge in [-0.15, -0.1) is 0 Å². The van der Waals surface area contributed by atoms with Crippen molar-refractivity contribution < 1.29 is 14.7 Å². The van der Waals surface area contributed by atoms with E-state index in [1.165, 1.54) is 0 Å². The molecule has 0 saturated carbocycles. The number of carbonyl (C=O) groups is 2. The molecule has 0 saturated heterocycles.